The molecule has 1 heterocycles. The molecule has 0 N–H and O–H groups in total. The van der Waals surface area contributed by atoms with Crippen molar-refractivity contribution in [2.24, 2.45) is 0 Å². The fourth-order valence-corrected chi connectivity index (χ4v) is 7.59. The minimum absolute atomic E-state index is 0.0638. The molecule has 0 bridgehead atoms. The summed E-state index contributed by atoms with van der Waals surface area (Å²) in [7, 11) is 0. The summed E-state index contributed by atoms with van der Waals surface area (Å²) in [6.45, 7) is 0.0709. The van der Waals surface area contributed by atoms with Crippen LogP contribution in [0.1, 0.15) is 10.4 Å². The normalized spacial score (nSPS) is 11.8. The van der Waals surface area contributed by atoms with Gasteiger partial charge in [-0.15, -0.1) is 21.9 Å². The molecule has 0 saturated heterocycles. The number of alkyl halides is 3. The molecule has 69 heavy (non-hydrogen) atoms. The zero-order chi connectivity index (χ0) is 51.5. The Morgan fingerprint density at radius 1 is 0.406 bits per heavy atom. The van der Waals surface area contributed by atoms with E-state index in [0.717, 1.165) is 10.9 Å². The molecule has 0 aliphatic heterocycles. The number of Topliss-reactive ketones (excluding diaryl/α,β-unsaturated/α-hetero) is 1. The van der Waals surface area contributed by atoms with Crippen molar-refractivity contribution >= 4 is 79.5 Å². The number of hydrogen-bond acceptors (Lipinski definition) is 2. The summed E-state index contributed by atoms with van der Waals surface area (Å²) in [5.74, 6) is -71.2. The van der Waals surface area contributed by atoms with E-state index in [4.69, 9.17) is 39.5 Å². The van der Waals surface area contributed by atoms with Crippen molar-refractivity contribution < 1.29 is 102 Å². The van der Waals surface area contributed by atoms with Crippen molar-refractivity contribution in [2.75, 3.05) is 0 Å². The lowest BCUT2D eigenvalue weighted by molar-refractivity contribution is -0.663. The van der Waals surface area contributed by atoms with Crippen LogP contribution in [0.4, 0.5) is 87.8 Å². The molecule has 0 aliphatic carbocycles. The first-order valence-corrected chi connectivity index (χ1v) is 19.3. The van der Waals surface area contributed by atoms with Crippen LogP contribution in [-0.2, 0) is 6.54 Å². The molecule has 0 aliphatic rings. The Kier molecular flexibility index (Phi) is 14.5. The number of nitrogens with zero attached hydrogens (tertiary/aromatic N) is 1. The molecule has 362 valence electrons. The van der Waals surface area contributed by atoms with Crippen molar-refractivity contribution in [3.05, 3.63) is 189 Å². The zero-order valence-electron chi connectivity index (χ0n) is 32.6. The van der Waals surface area contributed by atoms with Gasteiger partial charge in [-0.3, -0.25) is 4.79 Å². The number of rotatable bonds is 8. The van der Waals surface area contributed by atoms with Crippen LogP contribution in [0.15, 0.2) is 66.7 Å². The summed E-state index contributed by atoms with van der Waals surface area (Å²) in [5, 5.41) is 0.954. The van der Waals surface area contributed by atoms with Crippen LogP contribution < -0.4 is 31.2 Å². The average Bonchev–Trinajstić information content (AvgIpc) is 3.32. The lowest BCUT2D eigenvalue weighted by atomic mass is 9.12. The number of carbonyl (C=O) groups is 1. The number of aromatic nitrogens is 1. The summed E-state index contributed by atoms with van der Waals surface area (Å²) in [5.41, 5.74) is -12.9. The van der Waals surface area contributed by atoms with Crippen molar-refractivity contribution in [2.45, 2.75) is 10.5 Å². The first-order valence-electron chi connectivity index (χ1n) is 18.1. The molecule has 6 aromatic carbocycles. The highest BCUT2D eigenvalue weighted by Gasteiger charge is 2.52. The monoisotopic (exact) mass is 1060 g/mol. The topological polar surface area (TPSA) is 30.2 Å². The molecule has 0 spiro atoms. The molecule has 1 aromatic heterocycles. The molecule has 0 unspecified atom stereocenters. The van der Waals surface area contributed by atoms with Crippen LogP contribution in [0, 0.1) is 116 Å². The molecule has 7 aromatic rings. The highest BCUT2D eigenvalue weighted by Crippen LogP contribution is 2.32. The third kappa shape index (κ3) is 8.74. The maximum Gasteiger partial charge on any atom is 0.372 e. The minimum atomic E-state index is -7.22. The van der Waals surface area contributed by atoms with Gasteiger partial charge in [0.05, 0.1) is 6.07 Å². The second-order valence-corrected chi connectivity index (χ2v) is 16.1. The summed E-state index contributed by atoms with van der Waals surface area (Å²) >= 11 is 17.3. The number of carbonyl (C=O) groups excluding carboxylic acids is 1. The van der Waals surface area contributed by atoms with Crippen LogP contribution in [0.2, 0.25) is 0 Å². The SMILES string of the molecule is Fc1c(F)c(F)c([B-](c2c(F)c(F)c(F)c(F)c2F)(c2c(F)c(F)c(F)c(F)c2F)c2c(F)c(F)c(F)c(F)c2F)c(F)c1F.O=C(C[n+]1c(OC(Cl)(Cl)Cl)ccc2ccccc21)c1ccccc1. The third-order valence-corrected chi connectivity index (χ3v) is 10.5. The molecule has 7 rings (SSSR count). The Labute approximate surface area is 385 Å². The molecular formula is C42H13BCl3F20NO2. The number of ketones is 1. The molecule has 0 radical (unpaired) electrons. The largest absolute Gasteiger partial charge is 0.393 e. The Hall–Kier alpha value is -6.27. The summed E-state index contributed by atoms with van der Waals surface area (Å²) in [4.78, 5) is 12.6. The maximum atomic E-state index is 15.4. The molecule has 0 amide bonds. The van der Waals surface area contributed by atoms with E-state index in [-0.39, 0.29) is 12.3 Å². The van der Waals surface area contributed by atoms with E-state index < -0.39 is 148 Å². The summed E-state index contributed by atoms with van der Waals surface area (Å²) in [6.07, 6.45) is -7.22. The van der Waals surface area contributed by atoms with E-state index in [1.165, 1.54) is 0 Å². The molecular weight excluding hydrogens is 1050 g/mol. The van der Waals surface area contributed by atoms with Gasteiger partial charge >= 0.3 is 9.86 Å². The number of pyridine rings is 1. The van der Waals surface area contributed by atoms with Gasteiger partial charge in [0.15, 0.2) is 69.8 Å². The first kappa shape index (κ1) is 52.1. The van der Waals surface area contributed by atoms with E-state index >= 15 is 35.1 Å². The van der Waals surface area contributed by atoms with Gasteiger partial charge in [0, 0.05) is 17.0 Å². The Morgan fingerprint density at radius 3 is 1.01 bits per heavy atom. The van der Waals surface area contributed by atoms with Crippen LogP contribution in [0.5, 0.6) is 5.88 Å². The standard InChI is InChI=1S/C24BF20.C18H13Cl3NO2/c26-5-1(6(27)14(35)21(42)13(5)34)25(2-7(28)15(36)22(43)16(37)8(2)29,3-9(30)17(38)23(44)18(39)10(3)31)4-11(32)19(40)24(45)20(41)12(4)33;19-18(20,21)24-17-11-10-13-6-4-5-9-15(13)22(17)12-16(23)14-7-2-1-3-8-14/h;1-11H,12H2/q-1;+1. The van der Waals surface area contributed by atoms with Crippen LogP contribution in [0.25, 0.3) is 10.9 Å². The van der Waals surface area contributed by atoms with Gasteiger partial charge in [-0.25, -0.2) is 87.8 Å². The van der Waals surface area contributed by atoms with E-state index in [1.807, 2.05) is 48.5 Å². The first-order chi connectivity index (χ1) is 32.1. The second kappa shape index (κ2) is 19.3. The highest BCUT2D eigenvalue weighted by atomic mass is 35.6. The van der Waals surface area contributed by atoms with Crippen molar-refractivity contribution in [3.63, 3.8) is 0 Å². The Balaban J connectivity index is 0.000000273. The van der Waals surface area contributed by atoms with E-state index in [1.54, 1.807) is 22.8 Å². The molecule has 0 fully saturated rings. The highest BCUT2D eigenvalue weighted by molar-refractivity contribution is 7.20. The van der Waals surface area contributed by atoms with Crippen molar-refractivity contribution in [3.8, 4) is 5.88 Å². The lowest BCUT2D eigenvalue weighted by Gasteiger charge is -2.44. The summed E-state index contributed by atoms with van der Waals surface area (Å²) < 4.78 is 299. The Morgan fingerprint density at radius 2 is 0.696 bits per heavy atom. The minimum Gasteiger partial charge on any atom is -0.393 e. The number of halogens is 23. The van der Waals surface area contributed by atoms with Crippen LogP contribution in [0.3, 0.4) is 0 Å². The number of benzene rings is 6. The quantitative estimate of drug-likeness (QED) is 0.0289. The molecule has 3 nitrogen and oxygen atoms in total. The van der Waals surface area contributed by atoms with Gasteiger partial charge in [-0.1, -0.05) is 42.5 Å². The van der Waals surface area contributed by atoms with Gasteiger partial charge in [0.1, 0.15) is 52.7 Å². The van der Waals surface area contributed by atoms with Gasteiger partial charge in [0.25, 0.3) is 0 Å². The maximum absolute atomic E-state index is 15.4. The van der Waals surface area contributed by atoms with E-state index in [9.17, 15) is 57.5 Å². The second-order valence-electron chi connectivity index (χ2n) is 14.0. The number of fused-ring (bicyclic) bond motifs is 1. The molecule has 0 atom stereocenters. The van der Waals surface area contributed by atoms with Crippen LogP contribution >= 0.6 is 34.8 Å². The number of para-hydroxylation sites is 1. The van der Waals surface area contributed by atoms with Gasteiger partial charge in [0.2, 0.25) is 17.8 Å². The summed E-state index contributed by atoms with van der Waals surface area (Å²) in [6, 6.07) is 20.2. The third-order valence-electron chi connectivity index (χ3n) is 10.2. The van der Waals surface area contributed by atoms with Gasteiger partial charge < -0.3 is 4.74 Å². The van der Waals surface area contributed by atoms with Crippen molar-refractivity contribution in [1.82, 2.24) is 0 Å². The van der Waals surface area contributed by atoms with E-state index in [0.29, 0.717) is 11.4 Å². The van der Waals surface area contributed by atoms with E-state index in [2.05, 4.69) is 0 Å². The smallest absolute Gasteiger partial charge is 0.372 e. The van der Waals surface area contributed by atoms with Gasteiger partial charge in [-0.05, 0) is 46.9 Å². The predicted octanol–water partition coefficient (Wildman–Crippen LogP) is 10.6. The lowest BCUT2D eigenvalue weighted by Crippen LogP contribution is -2.81. The predicted molar refractivity (Wildman–Crippen MR) is 205 cm³/mol. The molecule has 27 heteroatoms. The zero-order valence-corrected chi connectivity index (χ0v) is 34.9. The Bertz CT molecular complexity index is 2870. The fraction of sp³-hybridized carbons (Fsp3) is 0.0476. The van der Waals surface area contributed by atoms with Crippen molar-refractivity contribution in [1.29, 1.82) is 0 Å². The average molecular weight is 1060 g/mol. The molecule has 0 saturated carbocycles. The fourth-order valence-electron chi connectivity index (χ4n) is 7.35. The number of ether oxygens (including phenoxy) is 1. The number of hydrogen-bond donors (Lipinski definition) is 0. The van der Waals surface area contributed by atoms with Gasteiger partial charge in [-0.2, -0.15) is 4.57 Å². The van der Waals surface area contributed by atoms with Crippen LogP contribution in [-0.4, -0.2) is 15.9 Å².